The molecule has 0 unspecified atom stereocenters. The molecule has 1 aliphatic carbocycles. The summed E-state index contributed by atoms with van der Waals surface area (Å²) in [5.74, 6) is 6.67. The number of nitrogens with one attached hydrogen (secondary N) is 3. The zero-order valence-corrected chi connectivity index (χ0v) is 28.1. The first kappa shape index (κ1) is 38.9. The van der Waals surface area contributed by atoms with Crippen molar-refractivity contribution in [1.82, 2.24) is 35.3 Å². The van der Waals surface area contributed by atoms with Gasteiger partial charge in [0.2, 0.25) is 5.95 Å². The van der Waals surface area contributed by atoms with Crippen LogP contribution in [0.1, 0.15) is 49.9 Å². The second-order valence-electron chi connectivity index (χ2n) is 10.7. The van der Waals surface area contributed by atoms with Gasteiger partial charge in [-0.05, 0) is 36.8 Å². The van der Waals surface area contributed by atoms with E-state index < -0.39 is 0 Å². The SMILES string of the molecule is C[C@@H](CN(C=N)NN)Oc1cc(-c2cnc(Nc3cn(C4CC[CH-]CC4)nc3OCc3ccccn3)nc2)ccc1C#N.[CH2-]COC[CH2-].[Li+]. The summed E-state index contributed by atoms with van der Waals surface area (Å²) in [7, 11) is 0. The number of nitrogens with two attached hydrogens (primary N) is 1. The van der Waals surface area contributed by atoms with Crippen molar-refractivity contribution in [3.63, 3.8) is 0 Å². The van der Waals surface area contributed by atoms with Crippen molar-refractivity contribution in [3.05, 3.63) is 92.7 Å². The van der Waals surface area contributed by atoms with Crippen LogP contribution in [0.5, 0.6) is 11.6 Å². The van der Waals surface area contributed by atoms with Crippen LogP contribution in [0.25, 0.3) is 11.1 Å². The Labute approximate surface area is 300 Å². The van der Waals surface area contributed by atoms with Gasteiger partial charge in [-0.3, -0.25) is 25.9 Å². The molecule has 14 nitrogen and oxygen atoms in total. The maximum absolute atomic E-state index is 9.59. The van der Waals surface area contributed by atoms with Gasteiger partial charge < -0.3 is 39.8 Å². The molecule has 1 aliphatic rings. The van der Waals surface area contributed by atoms with E-state index in [-0.39, 0.29) is 31.6 Å². The van der Waals surface area contributed by atoms with Gasteiger partial charge in [0, 0.05) is 30.2 Å². The third-order valence-electron chi connectivity index (χ3n) is 7.29. The Hall–Kier alpha value is -4.50. The van der Waals surface area contributed by atoms with Crippen LogP contribution in [0.4, 0.5) is 11.6 Å². The van der Waals surface area contributed by atoms with Gasteiger partial charge in [0.25, 0.3) is 5.88 Å². The average Bonchev–Trinajstić information content (AvgIpc) is 3.53. The molecule has 0 bridgehead atoms. The van der Waals surface area contributed by atoms with E-state index in [0.717, 1.165) is 48.8 Å². The Morgan fingerprint density at radius 2 is 1.92 bits per heavy atom. The number of nitriles is 1. The van der Waals surface area contributed by atoms with E-state index in [1.807, 2.05) is 42.1 Å². The fourth-order valence-electron chi connectivity index (χ4n) is 4.88. The first-order valence-corrected chi connectivity index (χ1v) is 15.6. The quantitative estimate of drug-likeness (QED) is 0.0364. The standard InChI is InChI=1S/C30H34N11O2.C4H8O.Li/c1-21(17-40(20-32)39-33)43-28-13-22(10-11-23(28)14-31)24-15-35-30(36-16-24)37-27-18-41(26-8-3-2-4-9-26)38-29(27)42-19-25-7-5-6-12-34-25;1-3-5-4-2;/h2,5-7,10-13,15-16,18,20-21,26,32,39H,3-4,8-9,17,19,33H2,1H3,(H,35,36,37);1-4H2;/q-1;-2;+1/t21-;;/m0../s1. The van der Waals surface area contributed by atoms with E-state index in [1.165, 1.54) is 5.01 Å². The maximum atomic E-state index is 9.59. The van der Waals surface area contributed by atoms with Gasteiger partial charge >= 0.3 is 18.9 Å². The van der Waals surface area contributed by atoms with Crippen molar-refractivity contribution in [2.45, 2.75) is 51.4 Å². The van der Waals surface area contributed by atoms with Gasteiger partial charge in [0.1, 0.15) is 30.2 Å². The maximum Gasteiger partial charge on any atom is 1.00 e. The number of ether oxygens (including phenoxy) is 3. The fraction of sp³-hybridized carbons (Fsp3) is 0.324. The summed E-state index contributed by atoms with van der Waals surface area (Å²) in [6, 6.07) is 13.5. The van der Waals surface area contributed by atoms with Gasteiger partial charge in [-0.25, -0.2) is 9.97 Å². The molecule has 15 heteroatoms. The molecule has 0 aliphatic heterocycles. The molecule has 1 atom stereocenters. The molecule has 0 amide bonds. The van der Waals surface area contributed by atoms with E-state index in [0.29, 0.717) is 54.6 Å². The molecule has 4 aromatic rings. The van der Waals surface area contributed by atoms with Gasteiger partial charge in [0.15, 0.2) is 0 Å². The smallest absolute Gasteiger partial charge is 0.487 e. The zero-order valence-electron chi connectivity index (χ0n) is 28.1. The Kier molecular flexibility index (Phi) is 16.5. The number of hydrazine groups is 2. The predicted molar refractivity (Wildman–Crippen MR) is 183 cm³/mol. The number of aromatic nitrogens is 5. The number of hydrogen-bond donors (Lipinski definition) is 4. The van der Waals surface area contributed by atoms with Crippen molar-refractivity contribution in [3.8, 4) is 28.8 Å². The van der Waals surface area contributed by atoms with Crippen molar-refractivity contribution in [2.24, 2.45) is 5.84 Å². The van der Waals surface area contributed by atoms with E-state index >= 15 is 0 Å². The fourth-order valence-corrected chi connectivity index (χ4v) is 4.88. The van der Waals surface area contributed by atoms with Gasteiger partial charge in [-0.2, -0.15) is 23.6 Å². The molecule has 3 aromatic heterocycles. The predicted octanol–water partition coefficient (Wildman–Crippen LogP) is 1.98. The van der Waals surface area contributed by atoms with Crippen LogP contribution < -0.4 is 45.0 Å². The van der Waals surface area contributed by atoms with E-state index in [9.17, 15) is 5.26 Å². The Morgan fingerprint density at radius 3 is 2.53 bits per heavy atom. The summed E-state index contributed by atoms with van der Waals surface area (Å²) in [4.78, 5) is 13.4. The minimum Gasteiger partial charge on any atom is -0.487 e. The number of anilines is 2. The first-order valence-electron chi connectivity index (χ1n) is 15.6. The summed E-state index contributed by atoms with van der Waals surface area (Å²) >= 11 is 0. The van der Waals surface area contributed by atoms with Crippen molar-refractivity contribution >= 4 is 18.0 Å². The number of hydrogen-bond acceptors (Lipinski definition) is 12. The van der Waals surface area contributed by atoms with Crippen LogP contribution in [0.15, 0.2) is 61.2 Å². The van der Waals surface area contributed by atoms with E-state index in [2.05, 4.69) is 56.9 Å². The largest absolute Gasteiger partial charge is 1.00 e. The molecule has 254 valence electrons. The summed E-state index contributed by atoms with van der Waals surface area (Å²) < 4.78 is 18.7. The van der Waals surface area contributed by atoms with Crippen LogP contribution in [0, 0.1) is 37.0 Å². The molecule has 3 heterocycles. The Morgan fingerprint density at radius 1 is 1.16 bits per heavy atom. The van der Waals surface area contributed by atoms with Crippen LogP contribution >= 0.6 is 0 Å². The number of benzene rings is 1. The summed E-state index contributed by atoms with van der Waals surface area (Å²) in [6.45, 7) is 10.3. The molecule has 0 saturated heterocycles. The topological polar surface area (TPSA) is 185 Å². The summed E-state index contributed by atoms with van der Waals surface area (Å²) in [5.41, 5.74) is 5.80. The molecule has 5 rings (SSSR count). The van der Waals surface area contributed by atoms with Crippen LogP contribution in [0.3, 0.4) is 0 Å². The number of pyridine rings is 1. The number of nitrogens with zero attached hydrogens (tertiary/aromatic N) is 7. The second kappa shape index (κ2) is 20.8. The zero-order chi connectivity index (χ0) is 34.1. The van der Waals surface area contributed by atoms with E-state index in [1.54, 1.807) is 30.7 Å². The third kappa shape index (κ3) is 11.9. The molecule has 1 fully saturated rings. The molecule has 1 aromatic carbocycles. The second-order valence-corrected chi connectivity index (χ2v) is 10.7. The monoisotopic (exact) mass is 659 g/mol. The first-order chi connectivity index (χ1) is 23.5. The normalized spacial score (nSPS) is 13.1. The molecule has 0 radical (unpaired) electrons. The molecule has 1 saturated carbocycles. The van der Waals surface area contributed by atoms with Crippen LogP contribution in [-0.2, 0) is 11.3 Å². The minimum atomic E-state index is -0.357. The van der Waals surface area contributed by atoms with Crippen LogP contribution in [-0.4, -0.2) is 61.9 Å². The molecule has 5 N–H and O–H groups in total. The molecule has 49 heavy (non-hydrogen) atoms. The van der Waals surface area contributed by atoms with Gasteiger partial charge in [-0.15, -0.1) is 5.10 Å². The van der Waals surface area contributed by atoms with Gasteiger partial charge in [0.05, 0.1) is 30.3 Å². The van der Waals surface area contributed by atoms with Crippen molar-refractivity contribution in [1.29, 1.82) is 10.7 Å². The van der Waals surface area contributed by atoms with Crippen molar-refractivity contribution in [2.75, 3.05) is 25.1 Å². The Bertz CT molecular complexity index is 1590. The van der Waals surface area contributed by atoms with E-state index in [4.69, 9.17) is 25.8 Å². The van der Waals surface area contributed by atoms with Gasteiger partial charge in [-0.1, -0.05) is 38.2 Å². The third-order valence-corrected chi connectivity index (χ3v) is 7.29. The average molecular weight is 660 g/mol. The summed E-state index contributed by atoms with van der Waals surface area (Å²) in [6.07, 6.45) is 14.3. The summed E-state index contributed by atoms with van der Waals surface area (Å²) in [5, 5.41) is 26.4. The molecule has 0 spiro atoms. The minimum absolute atomic E-state index is 0. The van der Waals surface area contributed by atoms with Crippen molar-refractivity contribution < 1.29 is 33.1 Å². The number of rotatable bonds is 15. The van der Waals surface area contributed by atoms with Crippen LogP contribution in [0.2, 0.25) is 0 Å². The molecular formula is C34H42LiN11O3-2. The molecular weight excluding hydrogens is 617 g/mol. The Balaban J connectivity index is 0.00000101.